The predicted molar refractivity (Wildman–Crippen MR) is 85.6 cm³/mol. The SMILES string of the molecule is CCCOc1ccc(C(=O)CCC(=O)NCC(C)C(=O)O)cc1. The molecule has 6 heteroatoms. The van der Waals surface area contributed by atoms with Crippen molar-refractivity contribution in [2.24, 2.45) is 5.92 Å². The fraction of sp³-hybridized carbons (Fsp3) is 0.471. The van der Waals surface area contributed by atoms with Gasteiger partial charge in [0.15, 0.2) is 5.78 Å². The Kier molecular flexibility index (Phi) is 7.80. The van der Waals surface area contributed by atoms with Gasteiger partial charge in [-0.1, -0.05) is 13.8 Å². The third-order valence-electron chi connectivity index (χ3n) is 3.26. The molecule has 0 saturated carbocycles. The Morgan fingerprint density at radius 3 is 2.39 bits per heavy atom. The van der Waals surface area contributed by atoms with Crippen LogP contribution in [0.1, 0.15) is 43.5 Å². The zero-order chi connectivity index (χ0) is 17.2. The molecule has 1 amide bonds. The highest BCUT2D eigenvalue weighted by atomic mass is 16.5. The monoisotopic (exact) mass is 321 g/mol. The highest BCUT2D eigenvalue weighted by molar-refractivity contribution is 5.98. The van der Waals surface area contributed by atoms with Gasteiger partial charge in [-0.05, 0) is 30.7 Å². The van der Waals surface area contributed by atoms with Crippen LogP contribution in [0.4, 0.5) is 0 Å². The van der Waals surface area contributed by atoms with E-state index in [4.69, 9.17) is 9.84 Å². The van der Waals surface area contributed by atoms with Crippen LogP contribution in [-0.2, 0) is 9.59 Å². The molecule has 0 aromatic heterocycles. The molecule has 0 radical (unpaired) electrons. The minimum atomic E-state index is -0.966. The lowest BCUT2D eigenvalue weighted by Crippen LogP contribution is -2.31. The standard InChI is InChI=1S/C17H23NO5/c1-3-10-23-14-6-4-13(5-7-14)15(19)8-9-16(20)18-11-12(2)17(21)22/h4-7,12H,3,8-11H2,1-2H3,(H,18,20)(H,21,22). The number of nitrogens with one attached hydrogen (secondary N) is 1. The van der Waals surface area contributed by atoms with Gasteiger partial charge in [-0.25, -0.2) is 0 Å². The van der Waals surface area contributed by atoms with Crippen molar-refractivity contribution >= 4 is 17.7 Å². The van der Waals surface area contributed by atoms with Gasteiger partial charge < -0.3 is 15.2 Å². The summed E-state index contributed by atoms with van der Waals surface area (Å²) in [7, 11) is 0. The second-order valence-corrected chi connectivity index (χ2v) is 5.34. The van der Waals surface area contributed by atoms with E-state index in [9.17, 15) is 14.4 Å². The van der Waals surface area contributed by atoms with Crippen molar-refractivity contribution < 1.29 is 24.2 Å². The summed E-state index contributed by atoms with van der Waals surface area (Å²) in [6.07, 6.45) is 1.04. The topological polar surface area (TPSA) is 92.7 Å². The fourth-order valence-electron chi connectivity index (χ4n) is 1.77. The lowest BCUT2D eigenvalue weighted by molar-refractivity contribution is -0.141. The van der Waals surface area contributed by atoms with Crippen LogP contribution in [0.3, 0.4) is 0 Å². The molecule has 0 aliphatic heterocycles. The maximum absolute atomic E-state index is 12.0. The Morgan fingerprint density at radius 1 is 1.17 bits per heavy atom. The molecule has 6 nitrogen and oxygen atoms in total. The van der Waals surface area contributed by atoms with E-state index in [1.54, 1.807) is 24.3 Å². The van der Waals surface area contributed by atoms with Crippen LogP contribution in [-0.4, -0.2) is 35.9 Å². The minimum absolute atomic E-state index is 0.0409. The summed E-state index contributed by atoms with van der Waals surface area (Å²) in [4.78, 5) is 34.2. The summed E-state index contributed by atoms with van der Waals surface area (Å²) in [6, 6.07) is 6.82. The number of aliphatic carboxylic acids is 1. The number of benzene rings is 1. The van der Waals surface area contributed by atoms with Gasteiger partial charge in [-0.15, -0.1) is 0 Å². The average molecular weight is 321 g/mol. The van der Waals surface area contributed by atoms with E-state index in [2.05, 4.69) is 5.32 Å². The van der Waals surface area contributed by atoms with Gasteiger partial charge in [-0.2, -0.15) is 0 Å². The number of Topliss-reactive ketones (excluding diaryl/α,β-unsaturated/α-hetero) is 1. The van der Waals surface area contributed by atoms with Crippen molar-refractivity contribution in [1.29, 1.82) is 0 Å². The Bertz CT molecular complexity index is 538. The van der Waals surface area contributed by atoms with Crippen LogP contribution in [0.2, 0.25) is 0 Å². The number of carbonyl (C=O) groups excluding carboxylic acids is 2. The highest BCUT2D eigenvalue weighted by Crippen LogP contribution is 2.14. The van der Waals surface area contributed by atoms with E-state index < -0.39 is 11.9 Å². The smallest absolute Gasteiger partial charge is 0.308 e. The number of ether oxygens (including phenoxy) is 1. The van der Waals surface area contributed by atoms with Crippen LogP contribution >= 0.6 is 0 Å². The maximum atomic E-state index is 12.0. The van der Waals surface area contributed by atoms with Crippen LogP contribution in [0.5, 0.6) is 5.75 Å². The third-order valence-corrected chi connectivity index (χ3v) is 3.26. The van der Waals surface area contributed by atoms with Crippen LogP contribution in [0.15, 0.2) is 24.3 Å². The molecule has 2 N–H and O–H groups in total. The van der Waals surface area contributed by atoms with Crippen molar-refractivity contribution in [2.75, 3.05) is 13.2 Å². The Hall–Kier alpha value is -2.37. The van der Waals surface area contributed by atoms with Gasteiger partial charge >= 0.3 is 5.97 Å². The van der Waals surface area contributed by atoms with E-state index in [0.717, 1.165) is 6.42 Å². The van der Waals surface area contributed by atoms with Gasteiger partial charge in [0.05, 0.1) is 12.5 Å². The van der Waals surface area contributed by atoms with Crippen LogP contribution in [0, 0.1) is 5.92 Å². The first-order chi connectivity index (χ1) is 10.9. The number of ketones is 1. The van der Waals surface area contributed by atoms with Crippen molar-refractivity contribution in [2.45, 2.75) is 33.1 Å². The number of carbonyl (C=O) groups is 3. The first kappa shape index (κ1) is 18.7. The van der Waals surface area contributed by atoms with Crippen LogP contribution < -0.4 is 10.1 Å². The molecule has 0 saturated heterocycles. The fourth-order valence-corrected chi connectivity index (χ4v) is 1.77. The molecular formula is C17H23NO5. The van der Waals surface area contributed by atoms with Crippen molar-refractivity contribution in [3.63, 3.8) is 0 Å². The van der Waals surface area contributed by atoms with E-state index >= 15 is 0 Å². The molecule has 0 bridgehead atoms. The Labute approximate surface area is 135 Å². The quantitative estimate of drug-likeness (QED) is 0.645. The Morgan fingerprint density at radius 2 is 1.83 bits per heavy atom. The van der Waals surface area contributed by atoms with Crippen molar-refractivity contribution in [1.82, 2.24) is 5.32 Å². The number of hydrogen-bond acceptors (Lipinski definition) is 4. The molecule has 1 atom stereocenters. The molecule has 1 rings (SSSR count). The second kappa shape index (κ2) is 9.61. The van der Waals surface area contributed by atoms with E-state index in [1.165, 1.54) is 6.92 Å². The average Bonchev–Trinajstić information content (AvgIpc) is 2.55. The molecule has 0 aliphatic rings. The summed E-state index contributed by atoms with van der Waals surface area (Å²) in [5.41, 5.74) is 0.528. The third kappa shape index (κ3) is 6.95. The summed E-state index contributed by atoms with van der Waals surface area (Å²) >= 11 is 0. The molecule has 126 valence electrons. The second-order valence-electron chi connectivity index (χ2n) is 5.34. The molecule has 0 spiro atoms. The van der Waals surface area contributed by atoms with Gasteiger partial charge in [0.1, 0.15) is 5.75 Å². The van der Waals surface area contributed by atoms with Crippen molar-refractivity contribution in [3.05, 3.63) is 29.8 Å². The van der Waals surface area contributed by atoms with Gasteiger partial charge in [-0.3, -0.25) is 14.4 Å². The number of carboxylic acids is 1. The molecule has 1 aromatic rings. The molecule has 0 heterocycles. The number of carboxylic acid groups (broad SMARTS) is 1. The lowest BCUT2D eigenvalue weighted by atomic mass is 10.1. The first-order valence-corrected chi connectivity index (χ1v) is 7.69. The Balaban J connectivity index is 2.38. The zero-order valence-electron chi connectivity index (χ0n) is 13.5. The molecule has 0 fully saturated rings. The van der Waals surface area contributed by atoms with E-state index in [-0.39, 0.29) is 31.1 Å². The largest absolute Gasteiger partial charge is 0.494 e. The maximum Gasteiger partial charge on any atom is 0.308 e. The first-order valence-electron chi connectivity index (χ1n) is 7.69. The summed E-state index contributed by atoms with van der Waals surface area (Å²) < 4.78 is 5.44. The van der Waals surface area contributed by atoms with Gasteiger partial charge in [0.2, 0.25) is 5.91 Å². The van der Waals surface area contributed by atoms with Crippen molar-refractivity contribution in [3.8, 4) is 5.75 Å². The number of hydrogen-bond donors (Lipinski definition) is 2. The van der Waals surface area contributed by atoms with E-state index in [1.807, 2.05) is 6.92 Å². The summed E-state index contributed by atoms with van der Waals surface area (Å²) in [5, 5.41) is 11.2. The number of rotatable bonds is 10. The molecule has 1 aromatic carbocycles. The lowest BCUT2D eigenvalue weighted by Gasteiger charge is -2.08. The number of amides is 1. The molecular weight excluding hydrogens is 298 g/mol. The zero-order valence-corrected chi connectivity index (χ0v) is 13.5. The molecule has 1 unspecified atom stereocenters. The summed E-state index contributed by atoms with van der Waals surface area (Å²) in [6.45, 7) is 4.21. The summed E-state index contributed by atoms with van der Waals surface area (Å²) in [5.74, 6) is -1.36. The molecule has 0 aliphatic carbocycles. The predicted octanol–water partition coefficient (Wildman–Crippen LogP) is 2.28. The molecule has 23 heavy (non-hydrogen) atoms. The van der Waals surface area contributed by atoms with Gasteiger partial charge in [0, 0.05) is 24.9 Å². The highest BCUT2D eigenvalue weighted by Gasteiger charge is 2.13. The van der Waals surface area contributed by atoms with Crippen LogP contribution in [0.25, 0.3) is 0 Å². The van der Waals surface area contributed by atoms with Gasteiger partial charge in [0.25, 0.3) is 0 Å². The minimum Gasteiger partial charge on any atom is -0.494 e. The normalized spacial score (nSPS) is 11.6. The van der Waals surface area contributed by atoms with E-state index in [0.29, 0.717) is 17.9 Å².